The molecule has 1 atom stereocenters. The van der Waals surface area contributed by atoms with Gasteiger partial charge in [-0.05, 0) is 12.8 Å². The molecule has 0 fully saturated rings. The van der Waals surface area contributed by atoms with E-state index in [1.807, 2.05) is 0 Å². The van der Waals surface area contributed by atoms with E-state index in [9.17, 15) is 14.7 Å². The highest BCUT2D eigenvalue weighted by molar-refractivity contribution is 5.70. The van der Waals surface area contributed by atoms with Crippen LogP contribution in [-0.2, 0) is 19.1 Å². The highest BCUT2D eigenvalue weighted by atomic mass is 16.6. The number of carbonyl (C=O) groups excluding carboxylic acids is 2. The average Bonchev–Trinajstić information content (AvgIpc) is 3.15. The maximum Gasteiger partial charge on any atom is 0.306 e. The normalized spacial score (nSPS) is 12.0. The van der Waals surface area contributed by atoms with Gasteiger partial charge in [-0.3, -0.25) is 9.59 Å². The highest BCUT2D eigenvalue weighted by Crippen LogP contribution is 2.17. The van der Waals surface area contributed by atoms with Gasteiger partial charge in [0.25, 0.3) is 0 Å². The van der Waals surface area contributed by atoms with Crippen LogP contribution >= 0.6 is 0 Å². The molecule has 0 aliphatic carbocycles. The number of aliphatic hydroxyl groups is 1. The third kappa shape index (κ3) is 41.7. The Morgan fingerprint density at radius 1 is 0.365 bits per heavy atom. The molecule has 0 spiro atoms. The van der Waals surface area contributed by atoms with Gasteiger partial charge in [-0.25, -0.2) is 0 Å². The number of esters is 2. The van der Waals surface area contributed by atoms with Crippen LogP contribution in [0.3, 0.4) is 0 Å². The number of ether oxygens (including phenoxy) is 2. The molecular weight excluding hydrogens is 645 g/mol. The number of rotatable bonds is 44. The first-order valence-corrected chi connectivity index (χ1v) is 23.6. The van der Waals surface area contributed by atoms with E-state index in [0.717, 1.165) is 32.1 Å². The van der Waals surface area contributed by atoms with Crippen LogP contribution in [0, 0.1) is 0 Å². The standard InChI is InChI=1S/C47H92O5/c1-3-5-7-9-11-13-15-17-18-19-20-21-22-23-24-25-26-27-28-30-32-34-36-38-40-42-47(50)52-45(43-48)44-51-46(49)41-39-37-35-33-31-29-16-14-12-10-8-6-4-2/h45,48H,3-44H2,1-2H3. The van der Waals surface area contributed by atoms with E-state index in [1.54, 1.807) is 0 Å². The van der Waals surface area contributed by atoms with Crippen LogP contribution in [0.25, 0.3) is 0 Å². The summed E-state index contributed by atoms with van der Waals surface area (Å²) in [5.74, 6) is -0.571. The average molecular weight is 737 g/mol. The van der Waals surface area contributed by atoms with E-state index < -0.39 is 6.10 Å². The summed E-state index contributed by atoms with van der Waals surface area (Å²) in [7, 11) is 0. The molecule has 0 heterocycles. The van der Waals surface area contributed by atoms with Crippen molar-refractivity contribution in [2.24, 2.45) is 0 Å². The molecule has 0 radical (unpaired) electrons. The van der Waals surface area contributed by atoms with Gasteiger partial charge in [0, 0.05) is 12.8 Å². The van der Waals surface area contributed by atoms with Crippen molar-refractivity contribution in [1.29, 1.82) is 0 Å². The van der Waals surface area contributed by atoms with Gasteiger partial charge in [-0.1, -0.05) is 245 Å². The molecule has 5 heteroatoms. The molecular formula is C47H92O5. The number of carbonyl (C=O) groups is 2. The minimum atomic E-state index is -0.762. The van der Waals surface area contributed by atoms with Gasteiger partial charge in [-0.15, -0.1) is 0 Å². The van der Waals surface area contributed by atoms with Crippen molar-refractivity contribution in [2.45, 2.75) is 277 Å². The van der Waals surface area contributed by atoms with Crippen molar-refractivity contribution in [3.8, 4) is 0 Å². The van der Waals surface area contributed by atoms with Gasteiger partial charge < -0.3 is 14.6 Å². The minimum absolute atomic E-state index is 0.0566. The number of unbranched alkanes of at least 4 members (excludes halogenated alkanes) is 36. The maximum atomic E-state index is 12.2. The van der Waals surface area contributed by atoms with Crippen LogP contribution in [0.1, 0.15) is 271 Å². The molecule has 310 valence electrons. The Bertz CT molecular complexity index is 710. The van der Waals surface area contributed by atoms with E-state index in [-0.39, 0.29) is 25.2 Å². The van der Waals surface area contributed by atoms with Gasteiger partial charge >= 0.3 is 11.9 Å². The summed E-state index contributed by atoms with van der Waals surface area (Å²) in [6, 6.07) is 0. The maximum absolute atomic E-state index is 12.2. The molecule has 0 saturated heterocycles. The van der Waals surface area contributed by atoms with Crippen LogP contribution in [0.2, 0.25) is 0 Å². The molecule has 52 heavy (non-hydrogen) atoms. The SMILES string of the molecule is CCCCCCCCCCCCCCCCCCCCCCCCCCCC(=O)OC(CO)COC(=O)CCCCCCCCCCCCCCC. The molecule has 0 aliphatic rings. The number of aliphatic hydroxyl groups excluding tert-OH is 1. The summed E-state index contributed by atoms with van der Waals surface area (Å²) in [6.07, 6.45) is 50.5. The highest BCUT2D eigenvalue weighted by Gasteiger charge is 2.16. The van der Waals surface area contributed by atoms with Gasteiger partial charge in [-0.2, -0.15) is 0 Å². The second-order valence-electron chi connectivity index (χ2n) is 16.2. The zero-order valence-electron chi connectivity index (χ0n) is 35.4. The molecule has 0 aromatic rings. The Kier molecular flexibility index (Phi) is 43.4. The lowest BCUT2D eigenvalue weighted by Gasteiger charge is -2.15. The van der Waals surface area contributed by atoms with Gasteiger partial charge in [0.2, 0.25) is 0 Å². The first kappa shape index (κ1) is 50.9. The Balaban J connectivity index is 3.41. The second kappa shape index (κ2) is 44.3. The second-order valence-corrected chi connectivity index (χ2v) is 16.2. The van der Waals surface area contributed by atoms with E-state index in [0.29, 0.717) is 12.8 Å². The van der Waals surface area contributed by atoms with Crippen LogP contribution in [0.15, 0.2) is 0 Å². The molecule has 5 nitrogen and oxygen atoms in total. The van der Waals surface area contributed by atoms with Crippen molar-refractivity contribution in [3.05, 3.63) is 0 Å². The molecule has 0 aliphatic heterocycles. The number of hydrogen-bond donors (Lipinski definition) is 1. The van der Waals surface area contributed by atoms with Gasteiger partial charge in [0.15, 0.2) is 6.10 Å². The lowest BCUT2D eigenvalue weighted by atomic mass is 10.0. The Morgan fingerprint density at radius 2 is 0.596 bits per heavy atom. The van der Waals surface area contributed by atoms with E-state index in [4.69, 9.17) is 9.47 Å². The van der Waals surface area contributed by atoms with E-state index >= 15 is 0 Å². The third-order valence-corrected chi connectivity index (χ3v) is 10.9. The molecule has 0 saturated carbocycles. The molecule has 0 rings (SSSR count). The molecule has 0 amide bonds. The fourth-order valence-electron chi connectivity index (χ4n) is 7.32. The van der Waals surface area contributed by atoms with Crippen molar-refractivity contribution < 1.29 is 24.2 Å². The Morgan fingerprint density at radius 3 is 0.846 bits per heavy atom. The lowest BCUT2D eigenvalue weighted by Crippen LogP contribution is -2.28. The summed E-state index contributed by atoms with van der Waals surface area (Å²) in [5, 5.41) is 9.58. The predicted octanol–water partition coefficient (Wildman–Crippen LogP) is 15.1. The molecule has 0 aromatic heterocycles. The first-order chi connectivity index (χ1) is 25.6. The smallest absolute Gasteiger partial charge is 0.306 e. The largest absolute Gasteiger partial charge is 0.462 e. The Labute approximate surface area is 325 Å². The minimum Gasteiger partial charge on any atom is -0.462 e. The summed E-state index contributed by atoms with van der Waals surface area (Å²) >= 11 is 0. The van der Waals surface area contributed by atoms with Crippen LogP contribution in [0.5, 0.6) is 0 Å². The zero-order chi connectivity index (χ0) is 37.8. The molecule has 0 bridgehead atoms. The summed E-state index contributed by atoms with van der Waals surface area (Å²) in [5.41, 5.74) is 0. The van der Waals surface area contributed by atoms with Gasteiger partial charge in [0.05, 0.1) is 6.61 Å². The van der Waals surface area contributed by atoms with Crippen LogP contribution in [-0.4, -0.2) is 36.4 Å². The lowest BCUT2D eigenvalue weighted by molar-refractivity contribution is -0.161. The van der Waals surface area contributed by atoms with E-state index in [1.165, 1.54) is 212 Å². The molecule has 1 unspecified atom stereocenters. The fourth-order valence-corrected chi connectivity index (χ4v) is 7.32. The van der Waals surface area contributed by atoms with E-state index in [2.05, 4.69) is 13.8 Å². The Hall–Kier alpha value is -1.10. The topological polar surface area (TPSA) is 72.8 Å². The summed E-state index contributed by atoms with van der Waals surface area (Å²) in [4.78, 5) is 24.3. The van der Waals surface area contributed by atoms with Crippen LogP contribution in [0.4, 0.5) is 0 Å². The fraction of sp³-hybridized carbons (Fsp3) is 0.957. The third-order valence-electron chi connectivity index (χ3n) is 10.9. The van der Waals surface area contributed by atoms with Crippen molar-refractivity contribution in [2.75, 3.05) is 13.2 Å². The van der Waals surface area contributed by atoms with Crippen LogP contribution < -0.4 is 0 Å². The molecule has 0 aromatic carbocycles. The quantitative estimate of drug-likeness (QED) is 0.0498. The monoisotopic (exact) mass is 737 g/mol. The summed E-state index contributed by atoms with van der Waals surface area (Å²) < 4.78 is 10.6. The van der Waals surface area contributed by atoms with Gasteiger partial charge in [0.1, 0.15) is 6.61 Å². The number of hydrogen-bond acceptors (Lipinski definition) is 5. The van der Waals surface area contributed by atoms with Crippen molar-refractivity contribution in [1.82, 2.24) is 0 Å². The van der Waals surface area contributed by atoms with Crippen molar-refractivity contribution >= 4 is 11.9 Å². The first-order valence-electron chi connectivity index (χ1n) is 23.6. The molecule has 1 N–H and O–H groups in total. The summed E-state index contributed by atoms with van der Waals surface area (Å²) in [6.45, 7) is 4.18. The zero-order valence-corrected chi connectivity index (χ0v) is 35.4. The predicted molar refractivity (Wildman–Crippen MR) is 224 cm³/mol. The van der Waals surface area contributed by atoms with Crippen molar-refractivity contribution in [3.63, 3.8) is 0 Å².